The van der Waals surface area contributed by atoms with Gasteiger partial charge in [0.15, 0.2) is 6.61 Å². The van der Waals surface area contributed by atoms with E-state index in [1.807, 2.05) is 18.2 Å². The van der Waals surface area contributed by atoms with E-state index < -0.39 is 0 Å². The average Bonchev–Trinajstić information content (AvgIpc) is 3.04. The molecule has 2 N–H and O–H groups in total. The van der Waals surface area contributed by atoms with Crippen LogP contribution in [0.3, 0.4) is 0 Å². The van der Waals surface area contributed by atoms with Crippen molar-refractivity contribution >= 4 is 17.6 Å². The molecule has 1 fully saturated rings. The second-order valence-corrected chi connectivity index (χ2v) is 6.18. The number of carbonyl (C=O) groups excluding carboxylic acids is 2. The number of carbonyl (C=O) groups is 2. The number of anilines is 1. The summed E-state index contributed by atoms with van der Waals surface area (Å²) < 4.78 is 5.41. The molecule has 1 saturated carbocycles. The summed E-state index contributed by atoms with van der Waals surface area (Å²) in [5.41, 5.74) is 1.85. The van der Waals surface area contributed by atoms with Gasteiger partial charge in [0, 0.05) is 19.6 Å². The summed E-state index contributed by atoms with van der Waals surface area (Å²) in [6.45, 7) is 0.654. The van der Waals surface area contributed by atoms with Crippen LogP contribution in [0, 0.1) is 0 Å². The molecular weight excluding hydrogens is 294 g/mol. The summed E-state index contributed by atoms with van der Waals surface area (Å²) in [6.07, 6.45) is 5.29. The van der Waals surface area contributed by atoms with Gasteiger partial charge in [0.25, 0.3) is 5.91 Å². The smallest absolute Gasteiger partial charge is 0.315 e. The molecule has 6 heteroatoms. The number of amides is 3. The molecule has 0 radical (unpaired) electrons. The Labute approximate surface area is 136 Å². The summed E-state index contributed by atoms with van der Waals surface area (Å²) in [6, 6.07) is 6.04. The van der Waals surface area contributed by atoms with Gasteiger partial charge in [-0.25, -0.2) is 4.79 Å². The first-order valence-electron chi connectivity index (χ1n) is 8.20. The molecular formula is C17H23N3O3. The van der Waals surface area contributed by atoms with Crippen molar-refractivity contribution in [1.82, 2.24) is 10.6 Å². The van der Waals surface area contributed by atoms with Crippen LogP contribution in [0.2, 0.25) is 0 Å². The molecule has 6 nitrogen and oxygen atoms in total. The highest BCUT2D eigenvalue weighted by molar-refractivity contribution is 5.97. The summed E-state index contributed by atoms with van der Waals surface area (Å²) in [7, 11) is 1.75. The molecule has 3 rings (SSSR count). The number of ether oxygens (including phenoxy) is 1. The first-order valence-corrected chi connectivity index (χ1v) is 8.20. The van der Waals surface area contributed by atoms with Crippen LogP contribution in [0.5, 0.6) is 5.75 Å². The Bertz CT molecular complexity index is 597. The minimum Gasteiger partial charge on any atom is -0.482 e. The third-order valence-electron chi connectivity index (χ3n) is 4.50. The van der Waals surface area contributed by atoms with E-state index in [1.165, 1.54) is 12.8 Å². The maximum atomic E-state index is 11.8. The number of rotatable bonds is 4. The van der Waals surface area contributed by atoms with Crippen LogP contribution in [-0.2, 0) is 11.2 Å². The summed E-state index contributed by atoms with van der Waals surface area (Å²) in [5, 5.41) is 5.90. The van der Waals surface area contributed by atoms with E-state index in [2.05, 4.69) is 10.6 Å². The second kappa shape index (κ2) is 6.89. The number of hydrogen-bond donors (Lipinski definition) is 2. The molecule has 0 unspecified atom stereocenters. The van der Waals surface area contributed by atoms with Gasteiger partial charge in [-0.05, 0) is 37.0 Å². The lowest BCUT2D eigenvalue weighted by Gasteiger charge is -2.26. The van der Waals surface area contributed by atoms with Gasteiger partial charge in [-0.15, -0.1) is 0 Å². The Kier molecular flexibility index (Phi) is 4.69. The minimum absolute atomic E-state index is 0.0521. The van der Waals surface area contributed by atoms with Gasteiger partial charge in [0.1, 0.15) is 5.75 Å². The van der Waals surface area contributed by atoms with Crippen molar-refractivity contribution in [2.24, 2.45) is 0 Å². The molecule has 1 aliphatic carbocycles. The minimum atomic E-state index is -0.0921. The van der Waals surface area contributed by atoms with Crippen LogP contribution in [0.25, 0.3) is 0 Å². The van der Waals surface area contributed by atoms with E-state index in [4.69, 9.17) is 4.74 Å². The molecule has 0 spiro atoms. The molecule has 1 heterocycles. The number of fused-ring (bicyclic) bond motifs is 1. The van der Waals surface area contributed by atoms with Crippen molar-refractivity contribution in [1.29, 1.82) is 0 Å². The van der Waals surface area contributed by atoms with E-state index in [-0.39, 0.29) is 18.5 Å². The lowest BCUT2D eigenvalue weighted by Crippen LogP contribution is -2.41. The molecule has 1 aromatic rings. The topological polar surface area (TPSA) is 70.7 Å². The monoisotopic (exact) mass is 317 g/mol. The zero-order chi connectivity index (χ0) is 16.2. The predicted molar refractivity (Wildman–Crippen MR) is 87.8 cm³/mol. The fraction of sp³-hybridized carbons (Fsp3) is 0.529. The molecule has 0 atom stereocenters. The number of likely N-dealkylation sites (N-methyl/N-ethyl adjacent to an activating group) is 1. The normalized spacial score (nSPS) is 17.6. The van der Waals surface area contributed by atoms with Gasteiger partial charge in [-0.1, -0.05) is 18.9 Å². The Morgan fingerprint density at radius 3 is 2.91 bits per heavy atom. The molecule has 23 heavy (non-hydrogen) atoms. The van der Waals surface area contributed by atoms with Gasteiger partial charge in [-0.2, -0.15) is 0 Å². The van der Waals surface area contributed by atoms with Crippen molar-refractivity contribution in [3.8, 4) is 5.75 Å². The van der Waals surface area contributed by atoms with Crippen molar-refractivity contribution in [3.05, 3.63) is 23.8 Å². The molecule has 1 aliphatic heterocycles. The van der Waals surface area contributed by atoms with Gasteiger partial charge in [0.05, 0.1) is 5.69 Å². The van der Waals surface area contributed by atoms with Crippen LogP contribution >= 0.6 is 0 Å². The molecule has 0 aromatic heterocycles. The van der Waals surface area contributed by atoms with E-state index in [1.54, 1.807) is 11.9 Å². The van der Waals surface area contributed by atoms with Crippen molar-refractivity contribution < 1.29 is 14.3 Å². The van der Waals surface area contributed by atoms with Gasteiger partial charge in [-0.3, -0.25) is 4.79 Å². The van der Waals surface area contributed by atoms with Crippen molar-refractivity contribution in [2.45, 2.75) is 38.1 Å². The first-order chi connectivity index (χ1) is 11.1. The van der Waals surface area contributed by atoms with Crippen molar-refractivity contribution in [2.75, 3.05) is 25.1 Å². The Hall–Kier alpha value is -2.24. The maximum absolute atomic E-state index is 11.8. The average molecular weight is 317 g/mol. The van der Waals surface area contributed by atoms with E-state index in [0.717, 1.165) is 29.8 Å². The highest BCUT2D eigenvalue weighted by Crippen LogP contribution is 2.31. The largest absolute Gasteiger partial charge is 0.482 e. The van der Waals surface area contributed by atoms with E-state index in [9.17, 15) is 9.59 Å². The first kappa shape index (κ1) is 15.6. The number of urea groups is 1. The highest BCUT2D eigenvalue weighted by atomic mass is 16.5. The number of benzene rings is 1. The summed E-state index contributed by atoms with van der Waals surface area (Å²) in [4.78, 5) is 25.1. The molecule has 0 bridgehead atoms. The fourth-order valence-corrected chi connectivity index (χ4v) is 3.10. The molecule has 2 aliphatic rings. The summed E-state index contributed by atoms with van der Waals surface area (Å²) in [5.74, 6) is 0.673. The van der Waals surface area contributed by atoms with Crippen LogP contribution in [0.15, 0.2) is 18.2 Å². The van der Waals surface area contributed by atoms with Gasteiger partial charge in [0.2, 0.25) is 0 Å². The number of nitrogens with zero attached hydrogens (tertiary/aromatic N) is 1. The molecule has 0 saturated heterocycles. The van der Waals surface area contributed by atoms with Crippen LogP contribution in [-0.4, -0.2) is 38.2 Å². The summed E-state index contributed by atoms with van der Waals surface area (Å²) >= 11 is 0. The van der Waals surface area contributed by atoms with Crippen LogP contribution < -0.4 is 20.3 Å². The van der Waals surface area contributed by atoms with Crippen LogP contribution in [0.4, 0.5) is 10.5 Å². The molecule has 3 amide bonds. The van der Waals surface area contributed by atoms with Gasteiger partial charge >= 0.3 is 6.03 Å². The lowest BCUT2D eigenvalue weighted by atomic mass is 10.1. The standard InChI is InChI=1S/C17H23N3O3/c1-20-14-10-12(6-7-15(14)23-11-16(20)21)8-9-18-17(22)19-13-4-2-3-5-13/h6-7,10,13H,2-5,8-9,11H2,1H3,(H2,18,19,22). The second-order valence-electron chi connectivity index (χ2n) is 6.18. The third kappa shape index (κ3) is 3.75. The SMILES string of the molecule is CN1C(=O)COc2ccc(CCNC(=O)NC3CCCC3)cc21. The number of nitrogens with one attached hydrogen (secondary N) is 2. The predicted octanol–water partition coefficient (Wildman–Crippen LogP) is 1.83. The van der Waals surface area contributed by atoms with Crippen LogP contribution in [0.1, 0.15) is 31.2 Å². The Morgan fingerprint density at radius 1 is 1.35 bits per heavy atom. The zero-order valence-corrected chi connectivity index (χ0v) is 13.4. The fourth-order valence-electron chi connectivity index (χ4n) is 3.10. The lowest BCUT2D eigenvalue weighted by molar-refractivity contribution is -0.120. The highest BCUT2D eigenvalue weighted by Gasteiger charge is 2.22. The Balaban J connectivity index is 1.50. The van der Waals surface area contributed by atoms with Gasteiger partial charge < -0.3 is 20.3 Å². The van der Waals surface area contributed by atoms with E-state index >= 15 is 0 Å². The third-order valence-corrected chi connectivity index (χ3v) is 4.50. The zero-order valence-electron chi connectivity index (χ0n) is 13.4. The van der Waals surface area contributed by atoms with Crippen molar-refractivity contribution in [3.63, 3.8) is 0 Å². The number of hydrogen-bond acceptors (Lipinski definition) is 3. The molecule has 124 valence electrons. The van der Waals surface area contributed by atoms with E-state index in [0.29, 0.717) is 19.0 Å². The maximum Gasteiger partial charge on any atom is 0.315 e. The quantitative estimate of drug-likeness (QED) is 0.890. The molecule has 1 aromatic carbocycles. The Morgan fingerprint density at radius 2 is 2.13 bits per heavy atom.